The molecule has 0 radical (unpaired) electrons. The number of rotatable bonds is 4. The zero-order valence-corrected chi connectivity index (χ0v) is 8.85. The van der Waals surface area contributed by atoms with E-state index in [9.17, 15) is 10.2 Å². The number of hydrogen-bond donors (Lipinski definition) is 4. The van der Waals surface area contributed by atoms with Gasteiger partial charge in [0.25, 0.3) is 0 Å². The molecule has 0 aliphatic carbocycles. The molecule has 1 aromatic carbocycles. The first kappa shape index (κ1) is 12.4. The summed E-state index contributed by atoms with van der Waals surface area (Å²) in [7, 11) is 0. The average molecular weight is 232 g/mol. The highest BCUT2D eigenvalue weighted by Gasteiger charge is 2.17. The fraction of sp³-hybridized carbons (Fsp3) is 0.400. The normalized spacial score (nSPS) is 15.0. The first-order valence-electron chi connectivity index (χ1n) is 4.55. The van der Waals surface area contributed by atoms with Gasteiger partial charge < -0.3 is 21.1 Å². The molecule has 15 heavy (non-hydrogen) atoms. The van der Waals surface area contributed by atoms with Crippen LogP contribution in [-0.4, -0.2) is 28.0 Å². The van der Waals surface area contributed by atoms with Crippen LogP contribution in [0.4, 0.5) is 0 Å². The molecular weight excluding hydrogens is 218 g/mol. The molecule has 2 atom stereocenters. The van der Waals surface area contributed by atoms with Gasteiger partial charge in [-0.25, -0.2) is 0 Å². The van der Waals surface area contributed by atoms with Gasteiger partial charge in [-0.3, -0.25) is 0 Å². The Hall–Kier alpha value is -0.650. The second-order valence-corrected chi connectivity index (χ2v) is 3.66. The van der Waals surface area contributed by atoms with Gasteiger partial charge in [0.05, 0.1) is 12.7 Å². The summed E-state index contributed by atoms with van der Waals surface area (Å²) >= 11 is 5.79. The molecule has 2 unspecified atom stereocenters. The molecule has 1 aromatic rings. The molecular formula is C10H14ClNO3. The highest BCUT2D eigenvalue weighted by molar-refractivity contribution is 6.31. The first-order valence-corrected chi connectivity index (χ1v) is 4.93. The third-order valence-corrected chi connectivity index (χ3v) is 2.56. The molecule has 0 spiro atoms. The molecule has 0 saturated carbocycles. The van der Waals surface area contributed by atoms with E-state index in [1.807, 2.05) is 0 Å². The monoisotopic (exact) mass is 231 g/mol. The standard InChI is InChI=1S/C10H14ClNO3/c11-8-2-1-6(3-7(8)5-13)10(15)9(14)4-12/h1-3,9-10,13-15H,4-5,12H2. The second-order valence-electron chi connectivity index (χ2n) is 3.26. The van der Waals surface area contributed by atoms with Crippen LogP contribution in [0.2, 0.25) is 5.02 Å². The van der Waals surface area contributed by atoms with E-state index in [1.165, 1.54) is 0 Å². The van der Waals surface area contributed by atoms with Gasteiger partial charge in [0.15, 0.2) is 0 Å². The number of benzene rings is 1. The quantitative estimate of drug-likeness (QED) is 0.596. The fourth-order valence-corrected chi connectivity index (χ4v) is 1.43. The molecule has 0 aromatic heterocycles. The third kappa shape index (κ3) is 2.90. The number of aliphatic hydroxyl groups excluding tert-OH is 3. The van der Waals surface area contributed by atoms with E-state index >= 15 is 0 Å². The molecule has 5 heteroatoms. The van der Waals surface area contributed by atoms with Gasteiger partial charge in [-0.15, -0.1) is 0 Å². The summed E-state index contributed by atoms with van der Waals surface area (Å²) in [5.74, 6) is 0. The van der Waals surface area contributed by atoms with Crippen LogP contribution in [0.3, 0.4) is 0 Å². The second kappa shape index (κ2) is 5.44. The summed E-state index contributed by atoms with van der Waals surface area (Å²) in [4.78, 5) is 0. The van der Waals surface area contributed by atoms with Gasteiger partial charge in [0.1, 0.15) is 6.10 Å². The maximum absolute atomic E-state index is 9.65. The van der Waals surface area contributed by atoms with Crippen molar-refractivity contribution in [2.45, 2.75) is 18.8 Å². The van der Waals surface area contributed by atoms with Crippen LogP contribution < -0.4 is 5.73 Å². The number of aliphatic hydroxyl groups is 3. The van der Waals surface area contributed by atoms with Gasteiger partial charge in [-0.05, 0) is 23.3 Å². The Morgan fingerprint density at radius 3 is 2.53 bits per heavy atom. The lowest BCUT2D eigenvalue weighted by Gasteiger charge is -2.17. The van der Waals surface area contributed by atoms with Crippen molar-refractivity contribution in [2.24, 2.45) is 5.73 Å². The Morgan fingerprint density at radius 2 is 2.00 bits per heavy atom. The molecule has 84 valence electrons. The molecule has 0 aliphatic heterocycles. The first-order chi connectivity index (χ1) is 7.10. The maximum atomic E-state index is 9.65. The summed E-state index contributed by atoms with van der Waals surface area (Å²) < 4.78 is 0. The summed E-state index contributed by atoms with van der Waals surface area (Å²) in [5, 5.41) is 28.4. The molecule has 0 aliphatic rings. The van der Waals surface area contributed by atoms with Crippen molar-refractivity contribution in [3.05, 3.63) is 34.3 Å². The lowest BCUT2D eigenvalue weighted by atomic mass is 10.0. The summed E-state index contributed by atoms with van der Waals surface area (Å²) in [5.41, 5.74) is 6.22. The van der Waals surface area contributed by atoms with Gasteiger partial charge in [0, 0.05) is 11.6 Å². The Labute approximate surface area is 92.9 Å². The average Bonchev–Trinajstić information content (AvgIpc) is 2.27. The SMILES string of the molecule is NCC(O)C(O)c1ccc(Cl)c(CO)c1. The van der Waals surface area contributed by atoms with Crippen molar-refractivity contribution >= 4 is 11.6 Å². The Morgan fingerprint density at radius 1 is 1.33 bits per heavy atom. The topological polar surface area (TPSA) is 86.7 Å². The van der Waals surface area contributed by atoms with Crippen molar-refractivity contribution in [1.29, 1.82) is 0 Å². The molecule has 0 fully saturated rings. The molecule has 0 saturated heterocycles. The maximum Gasteiger partial charge on any atom is 0.106 e. The number of nitrogens with two attached hydrogens (primary N) is 1. The van der Waals surface area contributed by atoms with Gasteiger partial charge >= 0.3 is 0 Å². The summed E-state index contributed by atoms with van der Waals surface area (Å²) in [6.45, 7) is -0.240. The summed E-state index contributed by atoms with van der Waals surface area (Å²) in [6.07, 6.45) is -2.07. The van der Waals surface area contributed by atoms with Crippen LogP contribution in [0.5, 0.6) is 0 Å². The zero-order chi connectivity index (χ0) is 11.4. The third-order valence-electron chi connectivity index (χ3n) is 2.19. The van der Waals surface area contributed by atoms with Crippen LogP contribution in [0.15, 0.2) is 18.2 Å². The lowest BCUT2D eigenvalue weighted by Crippen LogP contribution is -2.27. The van der Waals surface area contributed by atoms with Gasteiger partial charge in [-0.2, -0.15) is 0 Å². The largest absolute Gasteiger partial charge is 0.392 e. The van der Waals surface area contributed by atoms with Crippen molar-refractivity contribution in [2.75, 3.05) is 6.54 Å². The highest BCUT2D eigenvalue weighted by Crippen LogP contribution is 2.23. The van der Waals surface area contributed by atoms with E-state index < -0.39 is 12.2 Å². The fourth-order valence-electron chi connectivity index (χ4n) is 1.25. The smallest absolute Gasteiger partial charge is 0.106 e. The van der Waals surface area contributed by atoms with E-state index in [0.717, 1.165) is 0 Å². The highest BCUT2D eigenvalue weighted by atomic mass is 35.5. The molecule has 0 bridgehead atoms. The van der Waals surface area contributed by atoms with E-state index in [0.29, 0.717) is 16.1 Å². The molecule has 0 amide bonds. The van der Waals surface area contributed by atoms with Crippen LogP contribution in [-0.2, 0) is 6.61 Å². The molecule has 4 nitrogen and oxygen atoms in total. The van der Waals surface area contributed by atoms with Crippen LogP contribution in [0.25, 0.3) is 0 Å². The Kier molecular flexibility index (Phi) is 4.50. The molecule has 1 rings (SSSR count). The lowest BCUT2D eigenvalue weighted by molar-refractivity contribution is 0.0242. The van der Waals surface area contributed by atoms with E-state index in [4.69, 9.17) is 22.4 Å². The van der Waals surface area contributed by atoms with Gasteiger partial charge in [-0.1, -0.05) is 17.7 Å². The Balaban J connectivity index is 2.95. The van der Waals surface area contributed by atoms with Crippen molar-refractivity contribution < 1.29 is 15.3 Å². The van der Waals surface area contributed by atoms with Crippen LogP contribution in [0.1, 0.15) is 17.2 Å². The predicted molar refractivity (Wildman–Crippen MR) is 57.4 cm³/mol. The minimum Gasteiger partial charge on any atom is -0.392 e. The van der Waals surface area contributed by atoms with E-state index in [-0.39, 0.29) is 13.2 Å². The van der Waals surface area contributed by atoms with Crippen molar-refractivity contribution in [3.8, 4) is 0 Å². The summed E-state index contributed by atoms with van der Waals surface area (Å²) in [6, 6.07) is 4.70. The zero-order valence-electron chi connectivity index (χ0n) is 8.10. The van der Waals surface area contributed by atoms with Crippen LogP contribution in [0, 0.1) is 0 Å². The minimum atomic E-state index is -1.06. The predicted octanol–water partition coefficient (Wildman–Crippen LogP) is 0.185. The molecule has 0 heterocycles. The molecule has 5 N–H and O–H groups in total. The van der Waals surface area contributed by atoms with Crippen molar-refractivity contribution in [3.63, 3.8) is 0 Å². The number of hydrogen-bond acceptors (Lipinski definition) is 4. The van der Waals surface area contributed by atoms with Gasteiger partial charge in [0.2, 0.25) is 0 Å². The van der Waals surface area contributed by atoms with E-state index in [2.05, 4.69) is 0 Å². The van der Waals surface area contributed by atoms with Crippen molar-refractivity contribution in [1.82, 2.24) is 0 Å². The van der Waals surface area contributed by atoms with E-state index in [1.54, 1.807) is 18.2 Å². The minimum absolute atomic E-state index is 0.0295. The Bertz CT molecular complexity index is 332. The number of halogens is 1. The van der Waals surface area contributed by atoms with Crippen LogP contribution >= 0.6 is 11.6 Å².